The number of nitrogens with two attached hydrogens (primary N) is 1. The average Bonchev–Trinajstić information content (AvgIpc) is 2.25. The number of hydrogen-bond acceptors (Lipinski definition) is 4. The Hall–Kier alpha value is -1.46. The summed E-state index contributed by atoms with van der Waals surface area (Å²) in [6.07, 6.45) is 0. The van der Waals surface area contributed by atoms with Crippen molar-refractivity contribution >= 4 is 49.1 Å². The maximum absolute atomic E-state index is 13.4. The lowest BCUT2D eigenvalue weighted by molar-refractivity contribution is 0.629. The molecule has 0 aliphatic carbocycles. The van der Waals surface area contributed by atoms with Crippen LogP contribution in [-0.2, 0) is 0 Å². The molecule has 0 saturated heterocycles. The first kappa shape index (κ1) is 13.6. The Morgan fingerprint density at radius 1 is 1.47 bits per heavy atom. The first-order chi connectivity index (χ1) is 7.95. The second-order valence-corrected chi connectivity index (χ2v) is 4.55. The van der Waals surface area contributed by atoms with E-state index in [1.807, 2.05) is 0 Å². The molecule has 88 valence electrons. The van der Waals surface area contributed by atoms with Crippen molar-refractivity contribution in [1.29, 1.82) is 10.7 Å². The van der Waals surface area contributed by atoms with Crippen LogP contribution in [0.3, 0.4) is 0 Å². The zero-order valence-corrected chi connectivity index (χ0v) is 11.4. The van der Waals surface area contributed by atoms with Crippen molar-refractivity contribution in [3.63, 3.8) is 0 Å². The monoisotopic (exact) mass is 361 g/mol. The first-order valence-corrected chi connectivity index (χ1v) is 5.77. The van der Waals surface area contributed by atoms with Gasteiger partial charge < -0.3 is 5.73 Å². The third kappa shape index (κ3) is 3.51. The highest BCUT2D eigenvalue weighted by Gasteiger charge is 2.07. The van der Waals surface area contributed by atoms with Crippen LogP contribution in [0.2, 0.25) is 0 Å². The van der Waals surface area contributed by atoms with E-state index in [0.717, 1.165) is 0 Å². The van der Waals surface area contributed by atoms with Crippen LogP contribution in [0.25, 0.3) is 0 Å². The highest BCUT2D eigenvalue weighted by molar-refractivity contribution is 9.13. The Bertz CT molecular complexity index is 535. The van der Waals surface area contributed by atoms with Gasteiger partial charge in [-0.05, 0) is 44.0 Å². The number of anilines is 1. The van der Waals surface area contributed by atoms with Crippen LogP contribution in [0.5, 0.6) is 0 Å². The van der Waals surface area contributed by atoms with Gasteiger partial charge in [0.1, 0.15) is 11.9 Å². The molecule has 0 radical (unpaired) electrons. The van der Waals surface area contributed by atoms with Gasteiger partial charge in [0.15, 0.2) is 5.84 Å². The summed E-state index contributed by atoms with van der Waals surface area (Å²) in [6, 6.07) is 4.29. The number of halogens is 3. The lowest BCUT2D eigenvalue weighted by Crippen LogP contribution is -2.22. The van der Waals surface area contributed by atoms with Gasteiger partial charge in [0, 0.05) is 8.95 Å². The highest BCUT2D eigenvalue weighted by atomic mass is 79.9. The topological polar surface area (TPSA) is 98.0 Å². The maximum atomic E-state index is 13.4. The Balaban J connectivity index is 3.01. The molecule has 0 aromatic heterocycles. The SMILES string of the molecule is N#C/C(=N\Nc1cc(Br)c(Br)cc1F)C(=N)N. The fourth-order valence-corrected chi connectivity index (χ4v) is 1.53. The molecule has 0 unspecified atom stereocenters. The minimum absolute atomic E-state index is 0.0640. The second-order valence-electron chi connectivity index (χ2n) is 2.84. The maximum Gasteiger partial charge on any atom is 0.201 e. The number of nitrogens with zero attached hydrogens (tertiary/aromatic N) is 2. The third-order valence-electron chi connectivity index (χ3n) is 1.66. The standard InChI is InChI=1S/C9H6Br2FN5/c10-4-1-6(12)7(2-5(4)11)16-17-8(3-13)9(14)15/h1-2,16H,(H3,14,15)/b17-8+. The summed E-state index contributed by atoms with van der Waals surface area (Å²) < 4.78 is 14.6. The van der Waals surface area contributed by atoms with Gasteiger partial charge in [-0.15, -0.1) is 0 Å². The summed E-state index contributed by atoms with van der Waals surface area (Å²) in [4.78, 5) is 0. The fraction of sp³-hybridized carbons (Fsp3) is 0. The highest BCUT2D eigenvalue weighted by Crippen LogP contribution is 2.28. The quantitative estimate of drug-likeness (QED) is 0.333. The molecule has 1 aromatic rings. The van der Waals surface area contributed by atoms with Crippen LogP contribution in [0.4, 0.5) is 10.1 Å². The Morgan fingerprint density at radius 2 is 2.06 bits per heavy atom. The van der Waals surface area contributed by atoms with E-state index in [1.54, 1.807) is 6.07 Å². The molecule has 17 heavy (non-hydrogen) atoms. The molecule has 0 bridgehead atoms. The van der Waals surface area contributed by atoms with E-state index in [4.69, 9.17) is 16.4 Å². The van der Waals surface area contributed by atoms with Crippen LogP contribution in [0.15, 0.2) is 26.2 Å². The van der Waals surface area contributed by atoms with Crippen molar-refractivity contribution in [2.75, 3.05) is 5.43 Å². The predicted octanol–water partition coefficient (Wildman–Crippen LogP) is 2.58. The summed E-state index contributed by atoms with van der Waals surface area (Å²) in [5, 5.41) is 19.1. The van der Waals surface area contributed by atoms with Gasteiger partial charge in [-0.1, -0.05) is 0 Å². The Labute approximate surface area is 113 Å². The van der Waals surface area contributed by atoms with Crippen LogP contribution in [0.1, 0.15) is 0 Å². The van der Waals surface area contributed by atoms with Gasteiger partial charge in [0.25, 0.3) is 0 Å². The van der Waals surface area contributed by atoms with E-state index in [9.17, 15) is 4.39 Å². The first-order valence-electron chi connectivity index (χ1n) is 4.18. The number of hydrazone groups is 1. The summed E-state index contributed by atoms with van der Waals surface area (Å²) in [6.45, 7) is 0. The largest absolute Gasteiger partial charge is 0.382 e. The molecular weight excluding hydrogens is 357 g/mol. The minimum atomic E-state index is -0.551. The smallest absolute Gasteiger partial charge is 0.201 e. The van der Waals surface area contributed by atoms with Crippen LogP contribution in [0, 0.1) is 22.6 Å². The number of nitrogens with one attached hydrogen (secondary N) is 2. The Kier molecular flexibility index (Phi) is 4.60. The number of rotatable bonds is 3. The summed E-state index contributed by atoms with van der Waals surface area (Å²) in [5.41, 5.74) is 7.16. The molecule has 0 heterocycles. The molecule has 0 aliphatic rings. The normalized spacial score (nSPS) is 10.8. The Morgan fingerprint density at radius 3 is 2.59 bits per heavy atom. The zero-order chi connectivity index (χ0) is 13.0. The van der Waals surface area contributed by atoms with Crippen molar-refractivity contribution in [3.8, 4) is 6.07 Å². The molecule has 0 fully saturated rings. The molecule has 0 saturated carbocycles. The average molecular weight is 363 g/mol. The molecule has 5 nitrogen and oxygen atoms in total. The molecule has 0 atom stereocenters. The van der Waals surface area contributed by atoms with E-state index in [2.05, 4.69) is 42.4 Å². The van der Waals surface area contributed by atoms with Crippen molar-refractivity contribution in [3.05, 3.63) is 26.9 Å². The fourth-order valence-electron chi connectivity index (χ4n) is 0.870. The molecular formula is C9H6Br2FN5. The van der Waals surface area contributed by atoms with Crippen LogP contribution >= 0.6 is 31.9 Å². The van der Waals surface area contributed by atoms with E-state index >= 15 is 0 Å². The molecule has 0 amide bonds. The summed E-state index contributed by atoms with van der Waals surface area (Å²) in [5.74, 6) is -1.04. The van der Waals surface area contributed by atoms with Crippen LogP contribution < -0.4 is 11.2 Å². The van der Waals surface area contributed by atoms with Gasteiger partial charge in [-0.3, -0.25) is 10.8 Å². The number of hydrogen-bond donors (Lipinski definition) is 3. The summed E-state index contributed by atoms with van der Waals surface area (Å²) >= 11 is 6.34. The molecule has 1 rings (SSSR count). The van der Waals surface area contributed by atoms with Gasteiger partial charge in [-0.2, -0.15) is 10.4 Å². The second kappa shape index (κ2) is 5.75. The van der Waals surface area contributed by atoms with Crippen molar-refractivity contribution in [2.24, 2.45) is 10.8 Å². The zero-order valence-electron chi connectivity index (χ0n) is 8.26. The van der Waals surface area contributed by atoms with Gasteiger partial charge in [0.05, 0.1) is 5.69 Å². The lowest BCUT2D eigenvalue weighted by atomic mass is 10.3. The molecule has 0 spiro atoms. The van der Waals surface area contributed by atoms with Gasteiger partial charge in [-0.25, -0.2) is 4.39 Å². The minimum Gasteiger partial charge on any atom is -0.382 e. The number of amidine groups is 1. The third-order valence-corrected chi connectivity index (χ3v) is 3.50. The molecule has 8 heteroatoms. The van der Waals surface area contributed by atoms with Crippen molar-refractivity contribution in [2.45, 2.75) is 0 Å². The van der Waals surface area contributed by atoms with Crippen molar-refractivity contribution < 1.29 is 4.39 Å². The molecule has 4 N–H and O–H groups in total. The van der Waals surface area contributed by atoms with Gasteiger partial charge >= 0.3 is 0 Å². The number of benzene rings is 1. The molecule has 1 aromatic carbocycles. The van der Waals surface area contributed by atoms with E-state index in [0.29, 0.717) is 8.95 Å². The van der Waals surface area contributed by atoms with Gasteiger partial charge in [0.2, 0.25) is 5.71 Å². The molecule has 0 aliphatic heterocycles. The van der Waals surface area contributed by atoms with Crippen LogP contribution in [-0.4, -0.2) is 11.5 Å². The van der Waals surface area contributed by atoms with E-state index in [-0.39, 0.29) is 11.4 Å². The van der Waals surface area contributed by atoms with E-state index < -0.39 is 11.7 Å². The van der Waals surface area contributed by atoms with Crippen molar-refractivity contribution in [1.82, 2.24) is 0 Å². The summed E-state index contributed by atoms with van der Waals surface area (Å²) in [7, 11) is 0. The van der Waals surface area contributed by atoms with E-state index in [1.165, 1.54) is 12.1 Å². The predicted molar refractivity (Wildman–Crippen MR) is 70.4 cm³/mol. The lowest BCUT2D eigenvalue weighted by Gasteiger charge is -2.05. The number of nitriles is 1.